The van der Waals surface area contributed by atoms with Gasteiger partial charge in [-0.05, 0) is 25.0 Å². The minimum Gasteiger partial charge on any atom is -0.491 e. The molecule has 0 unspecified atom stereocenters. The van der Waals surface area contributed by atoms with Crippen LogP contribution >= 0.6 is 0 Å². The number of carbonyl (C=O) groups is 1. The molecule has 0 aliphatic carbocycles. The van der Waals surface area contributed by atoms with Crippen molar-refractivity contribution in [3.8, 4) is 5.75 Å². The monoisotopic (exact) mass is 314 g/mol. The molecular weight excluding hydrogens is 290 g/mol. The summed E-state index contributed by atoms with van der Waals surface area (Å²) in [4.78, 5) is 10.3. The Balaban J connectivity index is 1.92. The van der Waals surface area contributed by atoms with E-state index >= 15 is 0 Å². The van der Waals surface area contributed by atoms with Crippen LogP contribution < -0.4 is 4.74 Å². The van der Waals surface area contributed by atoms with Gasteiger partial charge < -0.3 is 9.84 Å². The van der Waals surface area contributed by atoms with E-state index in [0.29, 0.717) is 6.61 Å². The zero-order chi connectivity index (χ0) is 16.2. The Hall–Kier alpha value is -1.65. The first-order valence-electron chi connectivity index (χ1n) is 7.89. The van der Waals surface area contributed by atoms with E-state index in [2.05, 4.69) is 0 Å². The number of aliphatic carboxylic acids is 1. The SMILES string of the molecule is O=C(O)CCCCCCCCCCOc1ccc(F)cc1F. The topological polar surface area (TPSA) is 46.5 Å². The molecule has 1 N–H and O–H groups in total. The minimum atomic E-state index is -0.724. The summed E-state index contributed by atoms with van der Waals surface area (Å²) in [5.74, 6) is -1.90. The van der Waals surface area contributed by atoms with Gasteiger partial charge in [-0.3, -0.25) is 4.79 Å². The molecule has 3 nitrogen and oxygen atoms in total. The van der Waals surface area contributed by atoms with E-state index in [0.717, 1.165) is 57.4 Å². The molecule has 5 heteroatoms. The lowest BCUT2D eigenvalue weighted by atomic mass is 10.1. The molecule has 1 aromatic rings. The summed E-state index contributed by atoms with van der Waals surface area (Å²) in [7, 11) is 0. The van der Waals surface area contributed by atoms with Crippen LogP contribution in [0.2, 0.25) is 0 Å². The highest BCUT2D eigenvalue weighted by atomic mass is 19.1. The third-order valence-corrected chi connectivity index (χ3v) is 3.44. The van der Waals surface area contributed by atoms with Crippen molar-refractivity contribution in [3.05, 3.63) is 29.8 Å². The largest absolute Gasteiger partial charge is 0.491 e. The summed E-state index contributed by atoms with van der Waals surface area (Å²) >= 11 is 0. The van der Waals surface area contributed by atoms with Crippen molar-refractivity contribution < 1.29 is 23.4 Å². The molecule has 0 radical (unpaired) electrons. The second-order valence-corrected chi connectivity index (χ2v) is 5.40. The highest BCUT2D eigenvalue weighted by Gasteiger charge is 2.04. The van der Waals surface area contributed by atoms with Gasteiger partial charge >= 0.3 is 5.97 Å². The van der Waals surface area contributed by atoms with Crippen molar-refractivity contribution in [1.82, 2.24) is 0 Å². The van der Waals surface area contributed by atoms with Crippen LogP contribution in [0.5, 0.6) is 5.75 Å². The highest BCUT2D eigenvalue weighted by Crippen LogP contribution is 2.18. The number of hydrogen-bond donors (Lipinski definition) is 1. The molecule has 124 valence electrons. The van der Waals surface area contributed by atoms with Gasteiger partial charge in [-0.2, -0.15) is 0 Å². The second kappa shape index (κ2) is 11.0. The maximum absolute atomic E-state index is 13.3. The molecule has 0 bridgehead atoms. The van der Waals surface area contributed by atoms with Crippen LogP contribution in [0, 0.1) is 11.6 Å². The van der Waals surface area contributed by atoms with Crippen LogP contribution in [-0.2, 0) is 4.79 Å². The first-order valence-corrected chi connectivity index (χ1v) is 7.89. The van der Waals surface area contributed by atoms with Crippen molar-refractivity contribution in [3.63, 3.8) is 0 Å². The molecule has 1 rings (SSSR count). The van der Waals surface area contributed by atoms with Crippen molar-refractivity contribution in [2.75, 3.05) is 6.61 Å². The van der Waals surface area contributed by atoms with Crippen molar-refractivity contribution in [2.45, 2.75) is 57.8 Å². The predicted molar refractivity (Wildman–Crippen MR) is 81.0 cm³/mol. The minimum absolute atomic E-state index is 0.0971. The van der Waals surface area contributed by atoms with Crippen LogP contribution in [-0.4, -0.2) is 17.7 Å². The van der Waals surface area contributed by atoms with Gasteiger partial charge in [-0.15, -0.1) is 0 Å². The fourth-order valence-corrected chi connectivity index (χ4v) is 2.21. The fraction of sp³-hybridized carbons (Fsp3) is 0.588. The molecular formula is C17H24F2O3. The Morgan fingerprint density at radius 1 is 0.955 bits per heavy atom. The number of halogens is 2. The van der Waals surface area contributed by atoms with E-state index in [4.69, 9.17) is 9.84 Å². The molecule has 1 aromatic carbocycles. The normalized spacial score (nSPS) is 10.6. The summed E-state index contributed by atoms with van der Waals surface area (Å²) in [5, 5.41) is 8.50. The van der Waals surface area contributed by atoms with E-state index in [9.17, 15) is 13.6 Å². The number of benzene rings is 1. The molecule has 0 amide bonds. The summed E-state index contributed by atoms with van der Waals surface area (Å²) in [6.45, 7) is 0.432. The quantitative estimate of drug-likeness (QED) is 0.556. The van der Waals surface area contributed by atoms with E-state index in [1.54, 1.807) is 0 Å². The van der Waals surface area contributed by atoms with E-state index in [-0.39, 0.29) is 12.2 Å². The van der Waals surface area contributed by atoms with E-state index in [1.807, 2.05) is 0 Å². The highest BCUT2D eigenvalue weighted by molar-refractivity contribution is 5.66. The van der Waals surface area contributed by atoms with Crippen LogP contribution in [0.4, 0.5) is 8.78 Å². The standard InChI is InChI=1S/C17H24F2O3/c18-14-10-11-16(15(19)13-14)22-12-8-6-4-2-1-3-5-7-9-17(20)21/h10-11,13H,1-9,12H2,(H,20,21). The van der Waals surface area contributed by atoms with Gasteiger partial charge in [-0.1, -0.05) is 38.5 Å². The smallest absolute Gasteiger partial charge is 0.303 e. The third kappa shape index (κ3) is 8.60. The van der Waals surface area contributed by atoms with Gasteiger partial charge in [0.15, 0.2) is 11.6 Å². The zero-order valence-corrected chi connectivity index (χ0v) is 12.8. The zero-order valence-electron chi connectivity index (χ0n) is 12.8. The van der Waals surface area contributed by atoms with Crippen molar-refractivity contribution in [2.24, 2.45) is 0 Å². The van der Waals surface area contributed by atoms with E-state index < -0.39 is 17.6 Å². The summed E-state index contributed by atoms with van der Waals surface area (Å²) in [5.41, 5.74) is 0. The number of ether oxygens (including phenoxy) is 1. The first-order chi connectivity index (χ1) is 10.6. The lowest BCUT2D eigenvalue weighted by Crippen LogP contribution is -1.99. The summed E-state index contributed by atoms with van der Waals surface area (Å²) in [6.07, 6.45) is 8.25. The lowest BCUT2D eigenvalue weighted by molar-refractivity contribution is -0.137. The van der Waals surface area contributed by atoms with Gasteiger partial charge in [0.05, 0.1) is 6.61 Å². The van der Waals surface area contributed by atoms with Gasteiger partial charge in [0.2, 0.25) is 0 Å². The fourth-order valence-electron chi connectivity index (χ4n) is 2.21. The van der Waals surface area contributed by atoms with Crippen LogP contribution in [0.15, 0.2) is 18.2 Å². The molecule has 0 aromatic heterocycles. The number of hydrogen-bond acceptors (Lipinski definition) is 2. The number of carboxylic acid groups (broad SMARTS) is 1. The number of carboxylic acids is 1. The van der Waals surface area contributed by atoms with Gasteiger partial charge in [0, 0.05) is 12.5 Å². The van der Waals surface area contributed by atoms with E-state index in [1.165, 1.54) is 12.1 Å². The second-order valence-electron chi connectivity index (χ2n) is 5.40. The van der Waals surface area contributed by atoms with Crippen molar-refractivity contribution >= 4 is 5.97 Å². The Morgan fingerprint density at radius 3 is 2.14 bits per heavy atom. The maximum Gasteiger partial charge on any atom is 0.303 e. The molecule has 22 heavy (non-hydrogen) atoms. The van der Waals surface area contributed by atoms with Crippen LogP contribution in [0.1, 0.15) is 57.8 Å². The molecule has 0 aliphatic heterocycles. The average molecular weight is 314 g/mol. The molecule has 0 heterocycles. The molecule has 0 saturated carbocycles. The molecule has 0 fully saturated rings. The Bertz CT molecular complexity index is 450. The van der Waals surface area contributed by atoms with Crippen molar-refractivity contribution in [1.29, 1.82) is 0 Å². The first kappa shape index (κ1) is 18.4. The molecule has 0 spiro atoms. The Morgan fingerprint density at radius 2 is 1.55 bits per heavy atom. The maximum atomic E-state index is 13.3. The van der Waals surface area contributed by atoms with Crippen LogP contribution in [0.25, 0.3) is 0 Å². The summed E-state index contributed by atoms with van der Waals surface area (Å²) < 4.78 is 31.3. The van der Waals surface area contributed by atoms with Gasteiger partial charge in [0.1, 0.15) is 5.82 Å². The van der Waals surface area contributed by atoms with Gasteiger partial charge in [-0.25, -0.2) is 8.78 Å². The molecule has 0 atom stereocenters. The van der Waals surface area contributed by atoms with Gasteiger partial charge in [0.25, 0.3) is 0 Å². The average Bonchev–Trinajstić information content (AvgIpc) is 2.46. The van der Waals surface area contributed by atoms with Crippen LogP contribution in [0.3, 0.4) is 0 Å². The number of unbranched alkanes of at least 4 members (excludes halogenated alkanes) is 7. The summed E-state index contributed by atoms with van der Waals surface area (Å²) in [6, 6.07) is 3.31. The Kier molecular flexibility index (Phi) is 9.19. The number of rotatable bonds is 12. The predicted octanol–water partition coefficient (Wildman–Crippen LogP) is 4.94. The lowest BCUT2D eigenvalue weighted by Gasteiger charge is -2.07. The molecule has 0 aliphatic rings. The molecule has 0 saturated heterocycles. The Labute approximate surface area is 130 Å². The third-order valence-electron chi connectivity index (χ3n) is 3.44.